The molecule has 1 aliphatic rings. The average Bonchev–Trinajstić information content (AvgIpc) is 2.57. The molecule has 0 bridgehead atoms. The van der Waals surface area contributed by atoms with Crippen LogP contribution in [0.15, 0.2) is 54.6 Å². The van der Waals surface area contributed by atoms with E-state index in [1.807, 2.05) is 43.3 Å². The van der Waals surface area contributed by atoms with Crippen LogP contribution in [0.25, 0.3) is 0 Å². The molecule has 1 aliphatic heterocycles. The first kappa shape index (κ1) is 14.3. The molecule has 3 rings (SSSR count). The Morgan fingerprint density at radius 2 is 1.82 bits per heavy atom. The van der Waals surface area contributed by atoms with E-state index in [2.05, 4.69) is 5.32 Å². The van der Waals surface area contributed by atoms with Gasteiger partial charge >= 0.3 is 0 Å². The van der Waals surface area contributed by atoms with Gasteiger partial charge in [-0.1, -0.05) is 42.5 Å². The van der Waals surface area contributed by atoms with E-state index in [1.165, 1.54) is 0 Å². The Morgan fingerprint density at radius 1 is 1.14 bits per heavy atom. The number of ketones is 1. The topological polar surface area (TPSA) is 55.4 Å². The van der Waals surface area contributed by atoms with Crippen LogP contribution in [-0.4, -0.2) is 24.3 Å². The van der Waals surface area contributed by atoms with E-state index < -0.39 is 6.04 Å². The number of ether oxygens (including phenoxy) is 1. The summed E-state index contributed by atoms with van der Waals surface area (Å²) in [6.07, 6.45) is 0. The van der Waals surface area contributed by atoms with Gasteiger partial charge in [-0.25, -0.2) is 0 Å². The molecule has 1 amide bonds. The van der Waals surface area contributed by atoms with Gasteiger partial charge in [0.15, 0.2) is 5.78 Å². The molecule has 0 saturated carbocycles. The van der Waals surface area contributed by atoms with Gasteiger partial charge in [0, 0.05) is 0 Å². The molecule has 22 heavy (non-hydrogen) atoms. The average molecular weight is 295 g/mol. The van der Waals surface area contributed by atoms with Gasteiger partial charge in [0.25, 0.3) is 0 Å². The lowest BCUT2D eigenvalue weighted by molar-refractivity contribution is -0.122. The minimum Gasteiger partial charge on any atom is -0.490 e. The largest absolute Gasteiger partial charge is 0.490 e. The Hall–Kier alpha value is -2.62. The van der Waals surface area contributed by atoms with Crippen LogP contribution in [-0.2, 0) is 4.79 Å². The van der Waals surface area contributed by atoms with Crippen LogP contribution in [0.1, 0.15) is 28.8 Å². The summed E-state index contributed by atoms with van der Waals surface area (Å²) in [4.78, 5) is 24.8. The molecular formula is C18H17NO3. The van der Waals surface area contributed by atoms with Crippen molar-refractivity contribution < 1.29 is 14.3 Å². The molecule has 1 N–H and O–H groups in total. The molecule has 0 aliphatic carbocycles. The number of fused-ring (bicyclic) bond motifs is 1. The fourth-order valence-electron chi connectivity index (χ4n) is 2.53. The minimum absolute atomic E-state index is 0.101. The second-order valence-corrected chi connectivity index (χ2v) is 5.36. The van der Waals surface area contributed by atoms with E-state index in [-0.39, 0.29) is 24.2 Å². The highest BCUT2D eigenvalue weighted by Crippen LogP contribution is 2.24. The number of benzene rings is 2. The third kappa shape index (κ3) is 2.72. The molecule has 2 aromatic rings. The van der Waals surface area contributed by atoms with Crippen LogP contribution < -0.4 is 10.1 Å². The molecule has 4 nitrogen and oxygen atoms in total. The van der Waals surface area contributed by atoms with Crippen molar-refractivity contribution in [1.82, 2.24) is 5.32 Å². The lowest BCUT2D eigenvalue weighted by Gasteiger charge is -2.26. The van der Waals surface area contributed by atoms with E-state index in [4.69, 9.17) is 4.74 Å². The lowest BCUT2D eigenvalue weighted by Crippen LogP contribution is -2.48. The quantitative estimate of drug-likeness (QED) is 0.946. The van der Waals surface area contributed by atoms with Crippen LogP contribution >= 0.6 is 0 Å². The summed E-state index contributed by atoms with van der Waals surface area (Å²) >= 11 is 0. The zero-order valence-electron chi connectivity index (χ0n) is 12.3. The molecule has 2 aromatic carbocycles. The fraction of sp³-hybridized carbons (Fsp3) is 0.222. The number of carbonyl (C=O) groups is 2. The summed E-state index contributed by atoms with van der Waals surface area (Å²) in [5.74, 6) is -0.0109. The molecule has 1 unspecified atom stereocenters. The lowest BCUT2D eigenvalue weighted by atomic mass is 9.97. The Kier molecular flexibility index (Phi) is 3.92. The second-order valence-electron chi connectivity index (χ2n) is 5.36. The highest BCUT2D eigenvalue weighted by molar-refractivity contribution is 6.05. The smallest absolute Gasteiger partial charge is 0.227 e. The van der Waals surface area contributed by atoms with Gasteiger partial charge in [-0.3, -0.25) is 9.59 Å². The number of hydrogen-bond acceptors (Lipinski definition) is 3. The minimum atomic E-state index is -0.631. The third-order valence-electron chi connectivity index (χ3n) is 3.88. The molecule has 0 radical (unpaired) electrons. The van der Waals surface area contributed by atoms with E-state index in [0.717, 1.165) is 5.56 Å². The van der Waals surface area contributed by atoms with Crippen LogP contribution in [0.2, 0.25) is 0 Å². The second kappa shape index (κ2) is 6.02. The summed E-state index contributed by atoms with van der Waals surface area (Å²) in [6.45, 7) is 2.00. The standard InChI is InChI=1S/C18H17NO3/c1-12(13-7-3-2-4-8-13)18(21)19-15-11-22-16-10-6-5-9-14(16)17(15)20/h2-10,12,15H,11H2,1H3,(H,19,21)/t12-,15?/m0/s1. The SMILES string of the molecule is C[C@H](C(=O)NC1COc2ccccc2C1=O)c1ccccc1. The Balaban J connectivity index is 1.72. The number of rotatable bonds is 3. The highest BCUT2D eigenvalue weighted by Gasteiger charge is 2.30. The number of Topliss-reactive ketones (excluding diaryl/α,β-unsaturated/α-hetero) is 1. The number of amides is 1. The van der Waals surface area contributed by atoms with Gasteiger partial charge in [-0.2, -0.15) is 0 Å². The van der Waals surface area contributed by atoms with Crippen LogP contribution in [0.5, 0.6) is 5.75 Å². The zero-order chi connectivity index (χ0) is 15.5. The molecule has 0 fully saturated rings. The molecule has 112 valence electrons. The number of carbonyl (C=O) groups excluding carboxylic acids is 2. The van der Waals surface area contributed by atoms with Crippen LogP contribution in [0, 0.1) is 0 Å². The van der Waals surface area contributed by atoms with Crippen LogP contribution in [0.4, 0.5) is 0 Å². The summed E-state index contributed by atoms with van der Waals surface area (Å²) in [7, 11) is 0. The first-order valence-electron chi connectivity index (χ1n) is 7.28. The van der Waals surface area contributed by atoms with Crippen molar-refractivity contribution in [1.29, 1.82) is 0 Å². The molecular weight excluding hydrogens is 278 g/mol. The van der Waals surface area contributed by atoms with Crippen molar-refractivity contribution in [3.63, 3.8) is 0 Å². The van der Waals surface area contributed by atoms with Gasteiger partial charge in [-0.05, 0) is 24.6 Å². The maximum Gasteiger partial charge on any atom is 0.227 e. The van der Waals surface area contributed by atoms with Crippen LogP contribution in [0.3, 0.4) is 0 Å². The van der Waals surface area contributed by atoms with Gasteiger partial charge in [0.05, 0.1) is 11.5 Å². The van der Waals surface area contributed by atoms with E-state index >= 15 is 0 Å². The maximum atomic E-state index is 12.4. The molecule has 0 aromatic heterocycles. The molecule has 0 spiro atoms. The van der Waals surface area contributed by atoms with Gasteiger partial charge < -0.3 is 10.1 Å². The van der Waals surface area contributed by atoms with Gasteiger partial charge in [0.2, 0.25) is 5.91 Å². The maximum absolute atomic E-state index is 12.4. The third-order valence-corrected chi connectivity index (χ3v) is 3.88. The van der Waals surface area contributed by atoms with Gasteiger partial charge in [0.1, 0.15) is 18.4 Å². The van der Waals surface area contributed by atoms with Crippen molar-refractivity contribution in [2.45, 2.75) is 18.9 Å². The highest BCUT2D eigenvalue weighted by atomic mass is 16.5. The molecule has 4 heteroatoms. The predicted octanol–water partition coefficient (Wildman–Crippen LogP) is 2.55. The normalized spacial score (nSPS) is 18.0. The van der Waals surface area contributed by atoms with Crippen molar-refractivity contribution >= 4 is 11.7 Å². The predicted molar refractivity (Wildman–Crippen MR) is 83.1 cm³/mol. The van der Waals surface area contributed by atoms with E-state index in [9.17, 15) is 9.59 Å². The van der Waals surface area contributed by atoms with Crippen molar-refractivity contribution in [3.05, 3.63) is 65.7 Å². The summed E-state index contributed by atoms with van der Waals surface area (Å²) in [5.41, 5.74) is 1.44. The molecule has 2 atom stereocenters. The molecule has 0 saturated heterocycles. The van der Waals surface area contributed by atoms with Gasteiger partial charge in [-0.15, -0.1) is 0 Å². The summed E-state index contributed by atoms with van der Waals surface area (Å²) in [5, 5.41) is 2.79. The van der Waals surface area contributed by atoms with E-state index in [0.29, 0.717) is 11.3 Å². The monoisotopic (exact) mass is 295 g/mol. The first-order valence-corrected chi connectivity index (χ1v) is 7.28. The number of nitrogens with one attached hydrogen (secondary N) is 1. The van der Waals surface area contributed by atoms with Crippen molar-refractivity contribution in [2.24, 2.45) is 0 Å². The Morgan fingerprint density at radius 3 is 2.59 bits per heavy atom. The van der Waals surface area contributed by atoms with Crippen molar-refractivity contribution in [3.8, 4) is 5.75 Å². The fourth-order valence-corrected chi connectivity index (χ4v) is 2.53. The molecule has 1 heterocycles. The first-order chi connectivity index (χ1) is 10.7. The Labute approximate surface area is 129 Å². The van der Waals surface area contributed by atoms with Crippen molar-refractivity contribution in [2.75, 3.05) is 6.61 Å². The van der Waals surface area contributed by atoms with E-state index in [1.54, 1.807) is 18.2 Å². The zero-order valence-corrected chi connectivity index (χ0v) is 12.3. The number of para-hydroxylation sites is 1. The number of hydrogen-bond donors (Lipinski definition) is 1. The Bertz CT molecular complexity index is 696. The summed E-state index contributed by atoms with van der Waals surface area (Å²) in [6, 6.07) is 16.0. The summed E-state index contributed by atoms with van der Waals surface area (Å²) < 4.78 is 5.56.